The van der Waals surface area contributed by atoms with Crippen molar-refractivity contribution in [2.75, 3.05) is 0 Å². The fraction of sp³-hybridized carbons (Fsp3) is 0. The van der Waals surface area contributed by atoms with Gasteiger partial charge in [0, 0.05) is 10.6 Å². The minimum atomic E-state index is -0.484. The van der Waals surface area contributed by atoms with Crippen LogP contribution in [0.2, 0.25) is 5.02 Å². The molecule has 0 aliphatic carbocycles. The average molecular weight is 209 g/mol. The highest BCUT2D eigenvalue weighted by molar-refractivity contribution is 6.31. The number of benzene rings is 1. The van der Waals surface area contributed by atoms with Gasteiger partial charge in [0.1, 0.15) is 11.7 Å². The number of hydrogen-bond acceptors (Lipinski definition) is 1. The quantitative estimate of drug-likeness (QED) is 0.540. The van der Waals surface area contributed by atoms with Crippen molar-refractivity contribution in [1.82, 2.24) is 0 Å². The number of nitrogen functional groups attached to an aromatic ring is 1. The number of nitrogens with one attached hydrogen (secondary N) is 1. The van der Waals surface area contributed by atoms with Gasteiger partial charge >= 0.3 is 0 Å². The Morgan fingerprint density at radius 2 is 2.00 bits per heavy atom. The van der Waals surface area contributed by atoms with Gasteiger partial charge in [0.05, 0.1) is 0 Å². The van der Waals surface area contributed by atoms with E-state index < -0.39 is 5.82 Å². The van der Waals surface area contributed by atoms with E-state index in [0.29, 0.717) is 5.56 Å². The molecule has 3 N–H and O–H groups in total. The van der Waals surface area contributed by atoms with Crippen molar-refractivity contribution in [1.29, 1.82) is 5.41 Å². The maximum absolute atomic E-state index is 12.6. The van der Waals surface area contributed by atoms with Crippen molar-refractivity contribution < 1.29 is 4.39 Å². The molecule has 66 valence electrons. The first-order chi connectivity index (χ1) is 5.09. The fourth-order valence-corrected chi connectivity index (χ4v) is 0.931. The normalized spacial score (nSPS) is 8.83. The molecule has 0 radical (unpaired) electrons. The Morgan fingerprint density at radius 1 is 1.42 bits per heavy atom. The molecule has 0 unspecified atom stereocenters. The van der Waals surface area contributed by atoms with Crippen LogP contribution in [0.15, 0.2) is 18.2 Å². The summed E-state index contributed by atoms with van der Waals surface area (Å²) in [5, 5.41) is 7.23. The van der Waals surface area contributed by atoms with Crippen LogP contribution in [0, 0.1) is 11.2 Å². The van der Waals surface area contributed by atoms with Crippen LogP contribution in [-0.4, -0.2) is 5.84 Å². The Balaban J connectivity index is 0.00000121. The monoisotopic (exact) mass is 208 g/mol. The maximum atomic E-state index is 12.6. The van der Waals surface area contributed by atoms with Crippen LogP contribution in [0.4, 0.5) is 4.39 Å². The van der Waals surface area contributed by atoms with E-state index in [-0.39, 0.29) is 23.3 Å². The van der Waals surface area contributed by atoms with Gasteiger partial charge in [-0.05, 0) is 18.2 Å². The van der Waals surface area contributed by atoms with Crippen molar-refractivity contribution in [3.63, 3.8) is 0 Å². The van der Waals surface area contributed by atoms with Gasteiger partial charge in [-0.3, -0.25) is 5.41 Å². The van der Waals surface area contributed by atoms with E-state index in [1.165, 1.54) is 6.07 Å². The number of nitrogens with two attached hydrogens (primary N) is 1. The third kappa shape index (κ3) is 2.68. The zero-order valence-corrected chi connectivity index (χ0v) is 7.55. The van der Waals surface area contributed by atoms with Crippen molar-refractivity contribution in [3.8, 4) is 0 Å². The molecule has 0 saturated heterocycles. The lowest BCUT2D eigenvalue weighted by atomic mass is 10.2. The van der Waals surface area contributed by atoms with E-state index in [1.54, 1.807) is 0 Å². The number of halogens is 3. The van der Waals surface area contributed by atoms with Gasteiger partial charge in [0.25, 0.3) is 0 Å². The Morgan fingerprint density at radius 3 is 2.42 bits per heavy atom. The number of rotatable bonds is 1. The minimum Gasteiger partial charge on any atom is -0.384 e. The first-order valence-corrected chi connectivity index (χ1v) is 3.28. The maximum Gasteiger partial charge on any atom is 0.125 e. The van der Waals surface area contributed by atoms with Crippen molar-refractivity contribution in [2.45, 2.75) is 0 Å². The van der Waals surface area contributed by atoms with Crippen molar-refractivity contribution in [2.24, 2.45) is 5.73 Å². The molecule has 0 bridgehead atoms. The van der Waals surface area contributed by atoms with E-state index in [4.69, 9.17) is 22.7 Å². The standard InChI is InChI=1S/C7H6ClFN2.ClH/c8-5-1-4(7(10)11)2-6(9)3-5;/h1-3H,(H3,10,11);1H. The lowest BCUT2D eigenvalue weighted by Gasteiger charge is -1.98. The summed E-state index contributed by atoms with van der Waals surface area (Å²) in [5.41, 5.74) is 5.41. The minimum absolute atomic E-state index is 0. The SMILES string of the molecule is Cl.N=C(N)c1cc(F)cc(Cl)c1. The van der Waals surface area contributed by atoms with Gasteiger partial charge in [0.2, 0.25) is 0 Å². The Bertz CT molecular complexity index is 281. The highest BCUT2D eigenvalue weighted by Gasteiger charge is 2.00. The van der Waals surface area contributed by atoms with Crippen molar-refractivity contribution in [3.05, 3.63) is 34.6 Å². The van der Waals surface area contributed by atoms with Crippen LogP contribution in [0.5, 0.6) is 0 Å². The van der Waals surface area contributed by atoms with Gasteiger partial charge in [-0.25, -0.2) is 4.39 Å². The summed E-state index contributed by atoms with van der Waals surface area (Å²) >= 11 is 5.50. The van der Waals surface area contributed by atoms with E-state index in [1.807, 2.05) is 0 Å². The summed E-state index contributed by atoms with van der Waals surface area (Å²) in [6.45, 7) is 0. The summed E-state index contributed by atoms with van der Waals surface area (Å²) < 4.78 is 12.6. The largest absolute Gasteiger partial charge is 0.384 e. The fourth-order valence-electron chi connectivity index (χ4n) is 0.709. The van der Waals surface area contributed by atoms with Gasteiger partial charge < -0.3 is 5.73 Å². The molecule has 0 amide bonds. The molecule has 1 aromatic rings. The second kappa shape index (κ2) is 4.28. The topological polar surface area (TPSA) is 49.9 Å². The predicted molar refractivity (Wildman–Crippen MR) is 49.7 cm³/mol. The van der Waals surface area contributed by atoms with Gasteiger partial charge in [-0.1, -0.05) is 11.6 Å². The van der Waals surface area contributed by atoms with E-state index in [2.05, 4.69) is 0 Å². The van der Waals surface area contributed by atoms with Gasteiger partial charge in [-0.2, -0.15) is 0 Å². The Kier molecular flexibility index (Phi) is 4.00. The van der Waals surface area contributed by atoms with E-state index in [9.17, 15) is 4.39 Å². The summed E-state index contributed by atoms with van der Waals surface area (Å²) in [4.78, 5) is 0. The summed E-state index contributed by atoms with van der Waals surface area (Å²) in [7, 11) is 0. The summed E-state index contributed by atoms with van der Waals surface area (Å²) in [5.74, 6) is -0.672. The van der Waals surface area contributed by atoms with Crippen LogP contribution < -0.4 is 5.73 Å². The molecule has 0 aromatic heterocycles. The van der Waals surface area contributed by atoms with Crippen LogP contribution in [0.1, 0.15) is 5.56 Å². The highest BCUT2D eigenvalue weighted by atomic mass is 35.5. The zero-order valence-electron chi connectivity index (χ0n) is 5.97. The predicted octanol–water partition coefficient (Wildman–Crippen LogP) is 2.18. The molecule has 5 heteroatoms. The molecular formula is C7H7Cl2FN2. The average Bonchev–Trinajstić information content (AvgIpc) is 1.85. The zero-order chi connectivity index (χ0) is 8.43. The molecule has 0 spiro atoms. The van der Waals surface area contributed by atoms with E-state index in [0.717, 1.165) is 12.1 Å². The molecule has 12 heavy (non-hydrogen) atoms. The van der Waals surface area contributed by atoms with Crippen LogP contribution >= 0.6 is 24.0 Å². The Hall–Kier alpha value is -0.800. The first kappa shape index (κ1) is 11.2. The molecule has 1 rings (SSSR count). The molecule has 0 fully saturated rings. The highest BCUT2D eigenvalue weighted by Crippen LogP contribution is 2.13. The number of amidine groups is 1. The van der Waals surface area contributed by atoms with Crippen LogP contribution in [0.25, 0.3) is 0 Å². The van der Waals surface area contributed by atoms with Gasteiger partial charge in [0.15, 0.2) is 0 Å². The third-order valence-corrected chi connectivity index (χ3v) is 1.39. The molecule has 0 atom stereocenters. The smallest absolute Gasteiger partial charge is 0.125 e. The molecule has 0 aliphatic rings. The third-order valence-electron chi connectivity index (χ3n) is 1.17. The molecule has 0 saturated carbocycles. The molecule has 1 aromatic carbocycles. The second-order valence-electron chi connectivity index (χ2n) is 2.07. The second-order valence-corrected chi connectivity index (χ2v) is 2.51. The van der Waals surface area contributed by atoms with E-state index >= 15 is 0 Å². The molecule has 0 aliphatic heterocycles. The van der Waals surface area contributed by atoms with Crippen molar-refractivity contribution >= 4 is 29.8 Å². The lowest BCUT2D eigenvalue weighted by molar-refractivity contribution is 0.627. The Labute approximate surface area is 80.4 Å². The van der Waals surface area contributed by atoms with Gasteiger partial charge in [-0.15, -0.1) is 12.4 Å². The molecular weight excluding hydrogens is 202 g/mol. The summed E-state index contributed by atoms with van der Waals surface area (Å²) in [6, 6.07) is 3.76. The van der Waals surface area contributed by atoms with Crippen LogP contribution in [0.3, 0.4) is 0 Å². The first-order valence-electron chi connectivity index (χ1n) is 2.90. The molecule has 2 nitrogen and oxygen atoms in total. The lowest BCUT2D eigenvalue weighted by Crippen LogP contribution is -2.11. The molecule has 0 heterocycles. The number of hydrogen-bond donors (Lipinski definition) is 2. The van der Waals surface area contributed by atoms with Crippen LogP contribution in [-0.2, 0) is 0 Å². The summed E-state index contributed by atoms with van der Waals surface area (Å²) in [6.07, 6.45) is 0.